The second-order valence-corrected chi connectivity index (χ2v) is 6.51. The van der Waals surface area contributed by atoms with Crippen molar-refractivity contribution in [3.05, 3.63) is 52.3 Å². The van der Waals surface area contributed by atoms with Gasteiger partial charge in [-0.05, 0) is 49.3 Å². The van der Waals surface area contributed by atoms with Crippen molar-refractivity contribution >= 4 is 22.9 Å². The predicted molar refractivity (Wildman–Crippen MR) is 99.4 cm³/mol. The van der Waals surface area contributed by atoms with Crippen molar-refractivity contribution in [2.45, 2.75) is 31.8 Å². The van der Waals surface area contributed by atoms with E-state index in [1.165, 1.54) is 12.5 Å². The number of rotatable bonds is 5. The highest BCUT2D eigenvalue weighted by Crippen LogP contribution is 2.16. The molecule has 3 rings (SSSR count). The van der Waals surface area contributed by atoms with Crippen LogP contribution >= 0.6 is 0 Å². The van der Waals surface area contributed by atoms with Crippen LogP contribution in [0.3, 0.4) is 0 Å². The topological polar surface area (TPSA) is 62.4 Å². The van der Waals surface area contributed by atoms with Crippen LogP contribution in [0.4, 0.5) is 0 Å². The van der Waals surface area contributed by atoms with E-state index in [9.17, 15) is 9.59 Å². The third kappa shape index (κ3) is 4.57. The summed E-state index contributed by atoms with van der Waals surface area (Å²) in [6, 6.07) is 9.38. The van der Waals surface area contributed by atoms with Crippen LogP contribution in [-0.2, 0) is 9.53 Å². The Morgan fingerprint density at radius 1 is 1.36 bits per heavy atom. The van der Waals surface area contributed by atoms with Gasteiger partial charge in [-0.3, -0.25) is 9.59 Å². The molecule has 1 unspecified atom stereocenters. The first-order chi connectivity index (χ1) is 12.1. The average Bonchev–Trinajstić information content (AvgIpc) is 2.65. The first kappa shape index (κ1) is 17.4. The number of likely N-dealkylation sites (N-methyl/N-ethyl adjacent to an activating group) is 1. The minimum atomic E-state index is -0.194. The lowest BCUT2D eigenvalue weighted by molar-refractivity contribution is -0.125. The van der Waals surface area contributed by atoms with E-state index in [0.29, 0.717) is 12.1 Å². The molecule has 25 heavy (non-hydrogen) atoms. The van der Waals surface area contributed by atoms with Crippen molar-refractivity contribution in [2.75, 3.05) is 20.2 Å². The van der Waals surface area contributed by atoms with Crippen LogP contribution in [0, 0.1) is 0 Å². The molecule has 1 N–H and O–H groups in total. The van der Waals surface area contributed by atoms with Gasteiger partial charge >= 0.3 is 0 Å². The molecule has 0 aliphatic carbocycles. The third-order valence-electron chi connectivity index (χ3n) is 4.62. The summed E-state index contributed by atoms with van der Waals surface area (Å²) in [6.45, 7) is 1.48. The molecule has 0 saturated carbocycles. The molecule has 1 aliphatic rings. The minimum absolute atomic E-state index is 0.108. The van der Waals surface area contributed by atoms with E-state index >= 15 is 0 Å². The van der Waals surface area contributed by atoms with Crippen LogP contribution in [-0.4, -0.2) is 42.1 Å². The zero-order chi connectivity index (χ0) is 17.6. The summed E-state index contributed by atoms with van der Waals surface area (Å²) < 4.78 is 5.69. The highest BCUT2D eigenvalue weighted by Gasteiger charge is 2.15. The summed E-state index contributed by atoms with van der Waals surface area (Å²) in [6.07, 6.45) is 7.57. The summed E-state index contributed by atoms with van der Waals surface area (Å²) in [4.78, 5) is 28.9. The van der Waals surface area contributed by atoms with Gasteiger partial charge in [0, 0.05) is 37.4 Å². The molecule has 0 spiro atoms. The average molecular weight is 340 g/mol. The van der Waals surface area contributed by atoms with E-state index in [-0.39, 0.29) is 17.6 Å². The zero-order valence-corrected chi connectivity index (χ0v) is 14.5. The van der Waals surface area contributed by atoms with Gasteiger partial charge in [-0.25, -0.2) is 0 Å². The van der Waals surface area contributed by atoms with E-state index in [2.05, 4.69) is 4.98 Å². The molecule has 1 saturated heterocycles. The quantitative estimate of drug-likeness (QED) is 0.851. The lowest BCUT2D eigenvalue weighted by Gasteiger charge is -2.24. The van der Waals surface area contributed by atoms with E-state index < -0.39 is 0 Å². The number of carbonyl (C=O) groups excluding carboxylic acids is 1. The molecule has 1 aliphatic heterocycles. The van der Waals surface area contributed by atoms with Crippen LogP contribution in [0.15, 0.2) is 41.2 Å². The molecule has 5 nitrogen and oxygen atoms in total. The number of nitrogens with zero attached hydrogens (tertiary/aromatic N) is 1. The van der Waals surface area contributed by atoms with Crippen molar-refractivity contribution < 1.29 is 9.53 Å². The number of H-pyrrole nitrogens is 1. The smallest absolute Gasteiger partial charge is 0.255 e. The lowest BCUT2D eigenvalue weighted by Crippen LogP contribution is -2.30. The van der Waals surface area contributed by atoms with Gasteiger partial charge in [0.15, 0.2) is 0 Å². The Labute approximate surface area is 147 Å². The van der Waals surface area contributed by atoms with E-state index in [4.69, 9.17) is 4.74 Å². The van der Waals surface area contributed by atoms with Gasteiger partial charge in [0.2, 0.25) is 5.91 Å². The van der Waals surface area contributed by atoms with Gasteiger partial charge in [-0.15, -0.1) is 0 Å². The number of hydrogen-bond acceptors (Lipinski definition) is 3. The van der Waals surface area contributed by atoms with Gasteiger partial charge < -0.3 is 14.6 Å². The first-order valence-corrected chi connectivity index (χ1v) is 8.80. The summed E-state index contributed by atoms with van der Waals surface area (Å²) in [7, 11) is 1.78. The molecular weight excluding hydrogens is 316 g/mol. The van der Waals surface area contributed by atoms with Gasteiger partial charge in [-0.2, -0.15) is 0 Å². The zero-order valence-electron chi connectivity index (χ0n) is 14.5. The monoisotopic (exact) mass is 340 g/mol. The number of fused-ring (bicyclic) bond motifs is 1. The number of amides is 1. The summed E-state index contributed by atoms with van der Waals surface area (Å²) in [5.74, 6) is -0.108. The normalized spacial score (nSPS) is 17.9. The Morgan fingerprint density at radius 2 is 2.20 bits per heavy atom. The third-order valence-corrected chi connectivity index (χ3v) is 4.62. The lowest BCUT2D eigenvalue weighted by atomic mass is 10.1. The van der Waals surface area contributed by atoms with Crippen LogP contribution < -0.4 is 5.56 Å². The van der Waals surface area contributed by atoms with Crippen molar-refractivity contribution in [3.63, 3.8) is 0 Å². The van der Waals surface area contributed by atoms with Crippen molar-refractivity contribution in [1.82, 2.24) is 9.88 Å². The Hall–Kier alpha value is -2.40. The number of ether oxygens (including phenoxy) is 1. The number of aromatic nitrogens is 1. The second kappa shape index (κ2) is 8.12. The van der Waals surface area contributed by atoms with Gasteiger partial charge in [0.1, 0.15) is 0 Å². The highest BCUT2D eigenvalue weighted by molar-refractivity contribution is 5.92. The van der Waals surface area contributed by atoms with Crippen molar-refractivity contribution in [2.24, 2.45) is 0 Å². The van der Waals surface area contributed by atoms with E-state index in [0.717, 1.165) is 36.8 Å². The maximum absolute atomic E-state index is 12.3. The molecule has 2 aromatic rings. The molecule has 1 fully saturated rings. The molecule has 0 radical (unpaired) electrons. The van der Waals surface area contributed by atoms with Gasteiger partial charge in [-0.1, -0.05) is 18.2 Å². The Morgan fingerprint density at radius 3 is 3.00 bits per heavy atom. The molecule has 1 aromatic carbocycles. The fraction of sp³-hybridized carbons (Fsp3) is 0.400. The van der Waals surface area contributed by atoms with Gasteiger partial charge in [0.25, 0.3) is 5.56 Å². The molecule has 2 heterocycles. The maximum atomic E-state index is 12.3. The summed E-state index contributed by atoms with van der Waals surface area (Å²) in [5, 5.41) is 0.942. The van der Waals surface area contributed by atoms with Crippen LogP contribution in [0.2, 0.25) is 0 Å². The molecule has 132 valence electrons. The number of pyridine rings is 1. The number of para-hydroxylation sites is 1. The molecule has 0 bridgehead atoms. The minimum Gasteiger partial charge on any atom is -0.378 e. The standard InChI is InChI=1S/C20H24N2O3/c1-22(12-11-17-7-4-5-13-25-17)19(23)10-9-16-14-15-6-2-3-8-18(15)21-20(16)24/h2-3,6,8-10,14,17H,4-5,7,11-13H2,1H3,(H,21,24)/b10-9+. The fourth-order valence-corrected chi connectivity index (χ4v) is 3.06. The largest absolute Gasteiger partial charge is 0.378 e. The molecular formula is C20H24N2O3. The fourth-order valence-electron chi connectivity index (χ4n) is 3.06. The first-order valence-electron chi connectivity index (χ1n) is 8.80. The number of nitrogens with one attached hydrogen (secondary N) is 1. The predicted octanol–water partition coefficient (Wildman–Crippen LogP) is 2.96. The summed E-state index contributed by atoms with van der Waals surface area (Å²) >= 11 is 0. The van der Waals surface area contributed by atoms with Gasteiger partial charge in [0.05, 0.1) is 6.10 Å². The Balaban J connectivity index is 1.61. The number of carbonyl (C=O) groups is 1. The molecule has 1 atom stereocenters. The Bertz CT molecular complexity index is 819. The van der Waals surface area contributed by atoms with Crippen molar-refractivity contribution in [1.29, 1.82) is 0 Å². The summed E-state index contributed by atoms with van der Waals surface area (Å²) in [5.41, 5.74) is 1.08. The van der Waals surface area contributed by atoms with Crippen LogP contribution in [0.25, 0.3) is 17.0 Å². The number of aromatic amines is 1. The SMILES string of the molecule is CN(CCC1CCCCO1)C(=O)/C=C/c1cc2ccccc2[nH]c1=O. The van der Waals surface area contributed by atoms with Crippen LogP contribution in [0.1, 0.15) is 31.2 Å². The number of benzene rings is 1. The number of hydrogen-bond donors (Lipinski definition) is 1. The molecule has 1 amide bonds. The maximum Gasteiger partial charge on any atom is 0.255 e. The molecule has 5 heteroatoms. The Kier molecular flexibility index (Phi) is 5.66. The highest BCUT2D eigenvalue weighted by atomic mass is 16.5. The van der Waals surface area contributed by atoms with Crippen molar-refractivity contribution in [3.8, 4) is 0 Å². The second-order valence-electron chi connectivity index (χ2n) is 6.51. The van der Waals surface area contributed by atoms with E-state index in [1.54, 1.807) is 24.1 Å². The molecule has 1 aromatic heterocycles. The van der Waals surface area contributed by atoms with Crippen LogP contribution in [0.5, 0.6) is 0 Å². The van der Waals surface area contributed by atoms with E-state index in [1.807, 2.05) is 24.3 Å².